The maximum absolute atomic E-state index is 2.53. The lowest BCUT2D eigenvalue weighted by Crippen LogP contribution is -2.41. The molecule has 2 rings (SSSR count). The fourth-order valence-corrected chi connectivity index (χ4v) is 5.47. The summed E-state index contributed by atoms with van der Waals surface area (Å²) in [6, 6.07) is 0. The van der Waals surface area contributed by atoms with Crippen LogP contribution in [0.25, 0.3) is 0 Å². The molecule has 7 atom stereocenters. The Hall–Kier alpha value is 0. The second-order valence-corrected chi connectivity index (χ2v) is 7.57. The zero-order valence-corrected chi connectivity index (χ0v) is 12.6. The van der Waals surface area contributed by atoms with Crippen LogP contribution in [0.15, 0.2) is 0 Å². The number of hydrogen-bond acceptors (Lipinski definition) is 0. The fourth-order valence-electron chi connectivity index (χ4n) is 5.47. The van der Waals surface area contributed by atoms with E-state index in [2.05, 4.69) is 34.6 Å². The summed E-state index contributed by atoms with van der Waals surface area (Å²) in [5, 5.41) is 0. The maximum Gasteiger partial charge on any atom is -0.0329 e. The van der Waals surface area contributed by atoms with Crippen LogP contribution < -0.4 is 0 Å². The highest BCUT2D eigenvalue weighted by Crippen LogP contribution is 2.49. The normalized spacial score (nSPS) is 52.4. The Kier molecular flexibility index (Phi) is 4.21. The summed E-state index contributed by atoms with van der Waals surface area (Å²) in [6.07, 6.45) is 7.40. The Balaban J connectivity index is 2.13. The minimum Gasteiger partial charge on any atom is -0.0625 e. The van der Waals surface area contributed by atoms with Gasteiger partial charge in [0.1, 0.15) is 0 Å². The van der Waals surface area contributed by atoms with E-state index in [0.717, 1.165) is 41.4 Å². The third-order valence-corrected chi connectivity index (χ3v) is 5.94. The van der Waals surface area contributed by atoms with E-state index >= 15 is 0 Å². The molecule has 0 aromatic carbocycles. The molecule has 0 amide bonds. The van der Waals surface area contributed by atoms with Gasteiger partial charge in [0.2, 0.25) is 0 Å². The van der Waals surface area contributed by atoms with Gasteiger partial charge in [0, 0.05) is 0 Å². The highest BCUT2D eigenvalue weighted by molar-refractivity contribution is 4.91. The monoisotopic (exact) mass is 236 g/mol. The Morgan fingerprint density at radius 1 is 0.588 bits per heavy atom. The van der Waals surface area contributed by atoms with Crippen LogP contribution in [0.1, 0.15) is 66.7 Å². The molecule has 100 valence electrons. The lowest BCUT2D eigenvalue weighted by molar-refractivity contribution is 0.00652. The van der Waals surface area contributed by atoms with Gasteiger partial charge < -0.3 is 0 Å². The van der Waals surface area contributed by atoms with Gasteiger partial charge in [-0.1, -0.05) is 53.9 Å². The molecule has 0 nitrogen and oxygen atoms in total. The van der Waals surface area contributed by atoms with Crippen molar-refractivity contribution in [2.24, 2.45) is 41.4 Å². The molecule has 0 N–H and O–H groups in total. The SMILES string of the molecule is CC1C[C@@H](C)C(C2[C@H](C)CCC[C@@H]2C)[C@@H](C)C1. The van der Waals surface area contributed by atoms with Crippen LogP contribution >= 0.6 is 0 Å². The quantitative estimate of drug-likeness (QED) is 0.573. The second-order valence-electron chi connectivity index (χ2n) is 7.57. The van der Waals surface area contributed by atoms with Gasteiger partial charge in [0.05, 0.1) is 0 Å². The summed E-state index contributed by atoms with van der Waals surface area (Å²) in [5.74, 6) is 6.86. The molecule has 0 spiro atoms. The van der Waals surface area contributed by atoms with Crippen molar-refractivity contribution in [1.29, 1.82) is 0 Å². The molecule has 2 fully saturated rings. The third kappa shape index (κ3) is 2.71. The molecule has 0 bridgehead atoms. The first-order valence-electron chi connectivity index (χ1n) is 8.00. The summed E-state index contributed by atoms with van der Waals surface area (Å²) in [5.41, 5.74) is 0. The van der Waals surface area contributed by atoms with Gasteiger partial charge in [0.25, 0.3) is 0 Å². The van der Waals surface area contributed by atoms with Crippen molar-refractivity contribution in [1.82, 2.24) is 0 Å². The topological polar surface area (TPSA) is 0 Å². The van der Waals surface area contributed by atoms with E-state index in [9.17, 15) is 0 Å². The van der Waals surface area contributed by atoms with Crippen molar-refractivity contribution in [3.63, 3.8) is 0 Å². The fraction of sp³-hybridized carbons (Fsp3) is 1.00. The second kappa shape index (κ2) is 5.33. The molecule has 0 heteroatoms. The average Bonchev–Trinajstić information content (AvgIpc) is 2.21. The Labute approximate surface area is 109 Å². The van der Waals surface area contributed by atoms with E-state index in [-0.39, 0.29) is 0 Å². The van der Waals surface area contributed by atoms with E-state index in [4.69, 9.17) is 0 Å². The summed E-state index contributed by atoms with van der Waals surface area (Å²) in [7, 11) is 0. The highest BCUT2D eigenvalue weighted by atomic mass is 14.5. The van der Waals surface area contributed by atoms with Crippen LogP contribution in [0, 0.1) is 41.4 Å². The number of hydrogen-bond donors (Lipinski definition) is 0. The van der Waals surface area contributed by atoms with E-state index in [1.54, 1.807) is 0 Å². The lowest BCUT2D eigenvalue weighted by Gasteiger charge is -2.48. The Bertz CT molecular complexity index is 222. The van der Waals surface area contributed by atoms with Crippen molar-refractivity contribution < 1.29 is 0 Å². The summed E-state index contributed by atoms with van der Waals surface area (Å²) < 4.78 is 0. The first-order valence-corrected chi connectivity index (χ1v) is 8.00. The molecular weight excluding hydrogens is 204 g/mol. The summed E-state index contributed by atoms with van der Waals surface area (Å²) in [6.45, 7) is 12.6. The van der Waals surface area contributed by atoms with Gasteiger partial charge in [-0.3, -0.25) is 0 Å². The molecule has 0 heterocycles. The summed E-state index contributed by atoms with van der Waals surface area (Å²) >= 11 is 0. The van der Waals surface area contributed by atoms with E-state index < -0.39 is 0 Å². The molecule has 0 radical (unpaired) electrons. The average molecular weight is 236 g/mol. The molecule has 2 aliphatic rings. The molecular formula is C17H32. The van der Waals surface area contributed by atoms with Crippen molar-refractivity contribution in [2.45, 2.75) is 66.7 Å². The van der Waals surface area contributed by atoms with Gasteiger partial charge in [-0.25, -0.2) is 0 Å². The van der Waals surface area contributed by atoms with E-state index in [1.165, 1.54) is 32.1 Å². The molecule has 0 aromatic heterocycles. The number of rotatable bonds is 1. The van der Waals surface area contributed by atoms with E-state index in [0.29, 0.717) is 0 Å². The molecule has 0 saturated heterocycles. The van der Waals surface area contributed by atoms with Crippen LogP contribution in [0.3, 0.4) is 0 Å². The zero-order chi connectivity index (χ0) is 12.6. The van der Waals surface area contributed by atoms with Gasteiger partial charge in [-0.2, -0.15) is 0 Å². The molecule has 2 saturated carbocycles. The predicted molar refractivity (Wildman–Crippen MR) is 75.9 cm³/mol. The van der Waals surface area contributed by atoms with Crippen molar-refractivity contribution >= 4 is 0 Å². The van der Waals surface area contributed by atoms with Crippen molar-refractivity contribution in [2.75, 3.05) is 0 Å². The van der Waals surface area contributed by atoms with E-state index in [1.807, 2.05) is 0 Å². The van der Waals surface area contributed by atoms with Gasteiger partial charge in [-0.15, -0.1) is 0 Å². The van der Waals surface area contributed by atoms with Crippen LogP contribution in [0.4, 0.5) is 0 Å². The lowest BCUT2D eigenvalue weighted by atomic mass is 9.57. The zero-order valence-electron chi connectivity index (χ0n) is 12.6. The van der Waals surface area contributed by atoms with Gasteiger partial charge >= 0.3 is 0 Å². The molecule has 0 aromatic rings. The predicted octanol–water partition coefficient (Wildman–Crippen LogP) is 5.38. The van der Waals surface area contributed by atoms with Gasteiger partial charge in [0.15, 0.2) is 0 Å². The summed E-state index contributed by atoms with van der Waals surface area (Å²) in [4.78, 5) is 0. The van der Waals surface area contributed by atoms with Crippen molar-refractivity contribution in [3.05, 3.63) is 0 Å². The largest absolute Gasteiger partial charge is 0.0625 e. The molecule has 17 heavy (non-hydrogen) atoms. The highest BCUT2D eigenvalue weighted by Gasteiger charge is 2.41. The van der Waals surface area contributed by atoms with Crippen LogP contribution in [-0.4, -0.2) is 0 Å². The maximum atomic E-state index is 2.53. The minimum atomic E-state index is 0.960. The first kappa shape index (κ1) is 13.4. The third-order valence-electron chi connectivity index (χ3n) is 5.94. The van der Waals surface area contributed by atoms with Crippen LogP contribution in [0.5, 0.6) is 0 Å². The Morgan fingerprint density at radius 3 is 1.47 bits per heavy atom. The minimum absolute atomic E-state index is 0.960. The van der Waals surface area contributed by atoms with Gasteiger partial charge in [-0.05, 0) is 54.3 Å². The standard InChI is InChI=1S/C17H32/c1-11-9-14(4)17(15(5)10-11)16-12(2)7-6-8-13(16)3/h11-17H,6-10H2,1-5H3/t11?,12-,13+,14-,15+,16?,17?. The Morgan fingerprint density at radius 2 is 1.00 bits per heavy atom. The smallest absolute Gasteiger partial charge is 0.0329 e. The van der Waals surface area contributed by atoms with Crippen molar-refractivity contribution in [3.8, 4) is 0 Å². The molecule has 0 aliphatic heterocycles. The molecule has 2 aliphatic carbocycles. The molecule has 3 unspecified atom stereocenters. The first-order chi connectivity index (χ1) is 8.00. The van der Waals surface area contributed by atoms with Crippen LogP contribution in [0.2, 0.25) is 0 Å². The van der Waals surface area contributed by atoms with Crippen LogP contribution in [-0.2, 0) is 0 Å².